The summed E-state index contributed by atoms with van der Waals surface area (Å²) in [6.07, 6.45) is 2.62. The summed E-state index contributed by atoms with van der Waals surface area (Å²) in [7, 11) is 1.40. The van der Waals surface area contributed by atoms with Gasteiger partial charge in [-0.3, -0.25) is 9.59 Å². The van der Waals surface area contributed by atoms with Gasteiger partial charge in [0, 0.05) is 55.8 Å². The average molecular weight is 855 g/mol. The minimum Gasteiger partial charge on any atom is -0.472 e. The van der Waals surface area contributed by atoms with Crippen molar-refractivity contribution in [1.29, 1.82) is 0 Å². The summed E-state index contributed by atoms with van der Waals surface area (Å²) in [5.41, 5.74) is -4.59. The van der Waals surface area contributed by atoms with Crippen molar-refractivity contribution in [2.75, 3.05) is 20.2 Å². The van der Waals surface area contributed by atoms with E-state index < -0.39 is 89.2 Å². The number of carbonyl (C=O) groups is 4. The van der Waals surface area contributed by atoms with Gasteiger partial charge in [0.2, 0.25) is 0 Å². The highest BCUT2D eigenvalue weighted by atomic mass is 35.5. The number of amides is 1. The van der Waals surface area contributed by atoms with Crippen LogP contribution in [0, 0.1) is 17.8 Å². The normalized spacial score (nSPS) is 37.3. The van der Waals surface area contributed by atoms with Crippen molar-refractivity contribution < 1.29 is 56.8 Å². The summed E-state index contributed by atoms with van der Waals surface area (Å²) in [5, 5.41) is 14.6. The highest BCUT2D eigenvalue weighted by Crippen LogP contribution is 2.43. The molecule has 0 saturated carbocycles. The van der Waals surface area contributed by atoms with Gasteiger partial charge in [0.25, 0.3) is 5.67 Å². The van der Waals surface area contributed by atoms with Crippen LogP contribution in [-0.4, -0.2) is 123 Å². The minimum atomic E-state index is -3.18. The van der Waals surface area contributed by atoms with Crippen molar-refractivity contribution in [2.24, 2.45) is 17.8 Å². The predicted octanol–water partition coefficient (Wildman–Crippen LogP) is 5.69. The smallest absolute Gasteiger partial charge is 0.410 e. The number of esters is 1. The number of unbranched alkanes of at least 4 members (excludes halogenated alkanes) is 1. The molecule has 3 saturated heterocycles. The number of aliphatic hydroxyl groups excluding tert-OH is 1. The monoisotopic (exact) mass is 854 g/mol. The molecule has 2 N–H and O–H groups in total. The fourth-order valence-electron chi connectivity index (χ4n) is 9.31. The topological polar surface area (TPSA) is 181 Å². The molecule has 332 valence electrons. The van der Waals surface area contributed by atoms with E-state index in [1.165, 1.54) is 18.9 Å². The van der Waals surface area contributed by atoms with Crippen molar-refractivity contribution in [3.63, 3.8) is 0 Å². The molecule has 0 bridgehead atoms. The highest BCUT2D eigenvalue weighted by Gasteiger charge is 2.61. The molecule has 3 aliphatic heterocycles. The average Bonchev–Trinajstić information content (AvgIpc) is 3.94. The number of Topliss-reactive ketones (excluding diaryl/α,β-unsaturated/α-hetero) is 2. The molecule has 1 amide bonds. The molecule has 59 heavy (non-hydrogen) atoms. The van der Waals surface area contributed by atoms with Crippen LogP contribution in [-0.2, 0) is 44.6 Å². The van der Waals surface area contributed by atoms with E-state index in [1.807, 2.05) is 30.7 Å². The molecule has 5 heterocycles. The van der Waals surface area contributed by atoms with Crippen molar-refractivity contribution in [3.05, 3.63) is 31.1 Å². The quantitative estimate of drug-likeness (QED) is 0.151. The molecule has 17 heteroatoms. The molecular formula is C42H64ClFN4O11. The number of nitrogens with zero attached hydrogens (tertiary/aromatic N) is 3. The third kappa shape index (κ3) is 9.88. The van der Waals surface area contributed by atoms with Crippen LogP contribution in [0.1, 0.15) is 94.4 Å². The summed E-state index contributed by atoms with van der Waals surface area (Å²) in [4.78, 5) is 62.5. The lowest BCUT2D eigenvalue weighted by Gasteiger charge is -2.46. The van der Waals surface area contributed by atoms with Gasteiger partial charge in [0.15, 0.2) is 17.7 Å². The first kappa shape index (κ1) is 48.3. The van der Waals surface area contributed by atoms with Crippen molar-refractivity contribution in [2.45, 2.75) is 161 Å². The Balaban J connectivity index is 0.00000769. The molecule has 0 aromatic carbocycles. The maximum absolute atomic E-state index is 16.9. The summed E-state index contributed by atoms with van der Waals surface area (Å²) >= 11 is 0. The Hall–Kier alpha value is -3.41. The Morgan fingerprint density at radius 1 is 1.05 bits per heavy atom. The Bertz CT molecular complexity index is 1740. The van der Waals surface area contributed by atoms with Crippen LogP contribution in [0.2, 0.25) is 0 Å². The number of carbonyl (C=O) groups excluding carboxylic acids is 4. The number of nitrogens with one attached hydrogen (secondary N) is 1. The maximum atomic E-state index is 16.9. The van der Waals surface area contributed by atoms with E-state index in [-0.39, 0.29) is 43.7 Å². The number of halogens is 2. The molecule has 15 nitrogen and oxygen atoms in total. The number of cyclic esters (lactones) is 1. The number of aliphatic hydroxyl groups is 1. The van der Waals surface area contributed by atoms with Crippen LogP contribution >= 0.6 is 12.4 Å². The number of aryl methyl sites for hydroxylation is 1. The number of hydrogen-bond donors (Lipinski definition) is 2. The Morgan fingerprint density at radius 2 is 1.75 bits per heavy atom. The first-order valence-corrected chi connectivity index (χ1v) is 20.6. The number of fused-ring (bicyclic) bond motifs is 1. The van der Waals surface area contributed by atoms with E-state index in [1.54, 1.807) is 53.5 Å². The van der Waals surface area contributed by atoms with Gasteiger partial charge in [-0.15, -0.1) is 12.4 Å². The maximum Gasteiger partial charge on any atom is 0.410 e. The molecule has 0 aliphatic carbocycles. The van der Waals surface area contributed by atoms with E-state index >= 15 is 4.39 Å². The fraction of sp³-hybridized carbons (Fsp3) is 0.738. The summed E-state index contributed by atoms with van der Waals surface area (Å²) < 4.78 is 54.5. The first-order chi connectivity index (χ1) is 27.3. The molecule has 2 aromatic rings. The van der Waals surface area contributed by atoms with Gasteiger partial charge in [-0.2, -0.15) is 0 Å². The molecule has 0 spiro atoms. The van der Waals surface area contributed by atoms with E-state index in [9.17, 15) is 24.3 Å². The van der Waals surface area contributed by atoms with Crippen LogP contribution in [0.3, 0.4) is 0 Å². The molecule has 5 rings (SSSR count). The van der Waals surface area contributed by atoms with Crippen LogP contribution in [0.15, 0.2) is 35.5 Å². The van der Waals surface area contributed by atoms with Crippen molar-refractivity contribution >= 4 is 36.0 Å². The Morgan fingerprint density at radius 3 is 2.37 bits per heavy atom. The number of furan rings is 1. The van der Waals surface area contributed by atoms with Crippen LogP contribution < -0.4 is 5.32 Å². The van der Waals surface area contributed by atoms with Gasteiger partial charge >= 0.3 is 12.1 Å². The summed E-state index contributed by atoms with van der Waals surface area (Å²) in [6, 6.07) is 0.505. The standard InChI is InChI=1S/C42H63FN4O11.ClH/c1-11-31-42(9)34(47(39(52)58-42)17-14-13-16-46-21-30(45-23-46)28-15-18-54-22-28)26(5)32(48)24(3)20-40(7,53-10)36(27(6)35(50)41(8,43)38(51)56-31)57-37-33(49)29(44-12-2)19-25(4)55-37;/h15,18,21-27,29,31,33-34,36-37,44,49H,11-14,16-17,19-20H2,1-10H3;1H/t24-,25-,26+,27-,29+,31-,33+,34?,36-,37+,40-,41+,42-;/m1./s1. The lowest BCUT2D eigenvalue weighted by Crippen LogP contribution is -2.62. The minimum absolute atomic E-state index is 0. The molecule has 3 aliphatic rings. The van der Waals surface area contributed by atoms with Crippen LogP contribution in [0.25, 0.3) is 11.3 Å². The highest BCUT2D eigenvalue weighted by molar-refractivity contribution is 6.08. The van der Waals surface area contributed by atoms with Gasteiger partial charge in [-0.25, -0.2) is 19.0 Å². The second-order valence-electron chi connectivity index (χ2n) is 16.9. The van der Waals surface area contributed by atoms with Gasteiger partial charge in [0.1, 0.15) is 18.0 Å². The van der Waals surface area contributed by atoms with E-state index in [0.29, 0.717) is 32.4 Å². The van der Waals surface area contributed by atoms with E-state index in [0.717, 1.165) is 18.2 Å². The number of aromatic nitrogens is 2. The van der Waals surface area contributed by atoms with Crippen LogP contribution in [0.5, 0.6) is 0 Å². The largest absolute Gasteiger partial charge is 0.472 e. The predicted molar refractivity (Wildman–Crippen MR) is 216 cm³/mol. The zero-order valence-corrected chi connectivity index (χ0v) is 36.8. The van der Waals surface area contributed by atoms with Gasteiger partial charge in [0.05, 0.1) is 48.4 Å². The lowest BCUT2D eigenvalue weighted by atomic mass is 9.73. The number of methoxy groups -OCH3 is 1. The number of rotatable bonds is 12. The zero-order valence-electron chi connectivity index (χ0n) is 36.0. The molecule has 13 atom stereocenters. The fourth-order valence-corrected chi connectivity index (χ4v) is 9.31. The van der Waals surface area contributed by atoms with Gasteiger partial charge < -0.3 is 48.0 Å². The van der Waals surface area contributed by atoms with Crippen molar-refractivity contribution in [3.8, 4) is 11.3 Å². The molecule has 0 radical (unpaired) electrons. The second-order valence-corrected chi connectivity index (χ2v) is 16.9. The second kappa shape index (κ2) is 19.5. The van der Waals surface area contributed by atoms with Gasteiger partial charge in [-0.1, -0.05) is 34.6 Å². The number of ketones is 2. The van der Waals surface area contributed by atoms with E-state index in [4.69, 9.17) is 28.1 Å². The summed E-state index contributed by atoms with van der Waals surface area (Å²) in [6.45, 7) is 15.8. The third-order valence-electron chi connectivity index (χ3n) is 12.5. The number of imidazole rings is 1. The number of likely N-dealkylation sites (N-methyl/N-ethyl adjacent to an activating group) is 1. The number of hydrogen-bond acceptors (Lipinski definition) is 13. The first-order valence-electron chi connectivity index (χ1n) is 20.6. The lowest BCUT2D eigenvalue weighted by molar-refractivity contribution is -0.290. The van der Waals surface area contributed by atoms with Crippen LogP contribution in [0.4, 0.5) is 9.18 Å². The molecular weight excluding hydrogens is 791 g/mol. The Labute approximate surface area is 352 Å². The molecule has 1 unspecified atom stereocenters. The number of ether oxygens (including phenoxy) is 5. The number of alkyl halides is 1. The third-order valence-corrected chi connectivity index (χ3v) is 12.5. The van der Waals surface area contributed by atoms with Crippen molar-refractivity contribution in [1.82, 2.24) is 19.8 Å². The summed E-state index contributed by atoms with van der Waals surface area (Å²) in [5.74, 6) is -5.78. The van der Waals surface area contributed by atoms with E-state index in [2.05, 4.69) is 10.3 Å². The van der Waals surface area contributed by atoms with Gasteiger partial charge in [-0.05, 0) is 72.4 Å². The zero-order chi connectivity index (χ0) is 42.7. The molecule has 3 fully saturated rings. The molecule has 2 aromatic heterocycles. The SMILES string of the molecule is CCN[C@H]1C[C@@H](C)O[C@@H](O[C@@H]2[C@H](C)C(=O)[C@](C)(F)C(=O)O[C@H](CC)[C@@]3(C)OC(=O)N(CCCCn4cnc(-c5ccoc5)c4)C3[C@@H](C)C(=O)[C@H](C)C[C@@]2(C)OC)[C@H]1O.Cl. The Kier molecular flexibility index (Phi) is 16.0.